The van der Waals surface area contributed by atoms with Gasteiger partial charge in [0.25, 0.3) is 0 Å². The van der Waals surface area contributed by atoms with Crippen LogP contribution in [0.3, 0.4) is 0 Å². The first-order valence-electron chi connectivity index (χ1n) is 7.56. The van der Waals surface area contributed by atoms with Gasteiger partial charge in [0, 0.05) is 6.42 Å². The maximum atomic E-state index is 12.1. The van der Waals surface area contributed by atoms with E-state index in [2.05, 4.69) is 5.32 Å². The molecule has 1 amide bonds. The van der Waals surface area contributed by atoms with Crippen LogP contribution in [-0.2, 0) is 14.4 Å². The first kappa shape index (κ1) is 17.6. The average Bonchev–Trinajstić information content (AvgIpc) is 3.23. The molecule has 8 nitrogen and oxygen atoms in total. The third-order valence-electron chi connectivity index (χ3n) is 4.77. The Morgan fingerprint density at radius 1 is 1.48 bits per heavy atom. The topological polar surface area (TPSA) is 150 Å². The SMILES string of the molecule is C[C@H](NC(=O)[C@H](N)C[C@H](O)C(=O)O)[C@@H](O)[C@@]12C[C@@H]1CC=CC2=O. The highest BCUT2D eigenvalue weighted by atomic mass is 16.4. The van der Waals surface area contributed by atoms with Gasteiger partial charge in [0.2, 0.25) is 5.91 Å². The van der Waals surface area contributed by atoms with Crippen molar-refractivity contribution in [3.8, 4) is 0 Å². The van der Waals surface area contributed by atoms with Crippen molar-refractivity contribution in [1.29, 1.82) is 0 Å². The number of carbonyl (C=O) groups excluding carboxylic acids is 2. The van der Waals surface area contributed by atoms with Crippen LogP contribution in [0.4, 0.5) is 0 Å². The smallest absolute Gasteiger partial charge is 0.332 e. The Kier molecular flexibility index (Phi) is 4.88. The van der Waals surface area contributed by atoms with Crippen LogP contribution in [0, 0.1) is 11.3 Å². The van der Waals surface area contributed by atoms with Crippen molar-refractivity contribution in [2.24, 2.45) is 17.1 Å². The Labute approximate surface area is 133 Å². The molecule has 2 aliphatic carbocycles. The quantitative estimate of drug-likeness (QED) is 0.384. The van der Waals surface area contributed by atoms with Crippen molar-refractivity contribution in [2.75, 3.05) is 0 Å². The van der Waals surface area contributed by atoms with Crippen LogP contribution < -0.4 is 11.1 Å². The average molecular weight is 326 g/mol. The molecule has 8 heteroatoms. The molecule has 1 saturated carbocycles. The molecule has 0 saturated heterocycles. The van der Waals surface area contributed by atoms with Gasteiger partial charge in [-0.05, 0) is 31.8 Å². The highest BCUT2D eigenvalue weighted by molar-refractivity contribution is 5.99. The van der Waals surface area contributed by atoms with Gasteiger partial charge in [0.15, 0.2) is 11.9 Å². The normalized spacial score (nSPS) is 30.8. The van der Waals surface area contributed by atoms with Crippen molar-refractivity contribution in [3.63, 3.8) is 0 Å². The van der Waals surface area contributed by atoms with E-state index in [4.69, 9.17) is 10.8 Å². The van der Waals surface area contributed by atoms with Gasteiger partial charge >= 0.3 is 5.97 Å². The largest absolute Gasteiger partial charge is 0.479 e. The zero-order valence-electron chi connectivity index (χ0n) is 12.8. The highest BCUT2D eigenvalue weighted by Gasteiger charge is 2.64. The molecule has 0 radical (unpaired) electrons. The number of amides is 1. The number of aliphatic hydroxyl groups excluding tert-OH is 2. The Morgan fingerprint density at radius 3 is 2.70 bits per heavy atom. The number of allylic oxidation sites excluding steroid dienone is 2. The van der Waals surface area contributed by atoms with Gasteiger partial charge in [-0.2, -0.15) is 0 Å². The molecule has 23 heavy (non-hydrogen) atoms. The molecule has 0 bridgehead atoms. The number of hydrogen-bond acceptors (Lipinski definition) is 6. The molecule has 2 rings (SSSR count). The number of nitrogens with two attached hydrogens (primary N) is 1. The summed E-state index contributed by atoms with van der Waals surface area (Å²) in [5.41, 5.74) is 4.73. The summed E-state index contributed by atoms with van der Waals surface area (Å²) in [6, 6.07) is -1.93. The number of carbonyl (C=O) groups is 3. The summed E-state index contributed by atoms with van der Waals surface area (Å²) in [7, 11) is 0. The summed E-state index contributed by atoms with van der Waals surface area (Å²) in [4.78, 5) is 34.6. The summed E-state index contributed by atoms with van der Waals surface area (Å²) in [6.07, 6.45) is 1.38. The van der Waals surface area contributed by atoms with Gasteiger partial charge in [-0.3, -0.25) is 9.59 Å². The molecule has 0 spiro atoms. The van der Waals surface area contributed by atoms with E-state index in [1.54, 1.807) is 13.0 Å². The van der Waals surface area contributed by atoms with Gasteiger partial charge in [-0.15, -0.1) is 0 Å². The van der Waals surface area contributed by atoms with Gasteiger partial charge in [0.1, 0.15) is 0 Å². The molecular weight excluding hydrogens is 304 g/mol. The second-order valence-corrected chi connectivity index (χ2v) is 6.38. The molecule has 0 aliphatic heterocycles. The zero-order valence-corrected chi connectivity index (χ0v) is 12.8. The number of hydrogen-bond donors (Lipinski definition) is 5. The third kappa shape index (κ3) is 3.29. The summed E-state index contributed by atoms with van der Waals surface area (Å²) >= 11 is 0. The Bertz CT molecular complexity index is 548. The number of carboxylic acids is 1. The van der Waals surface area contributed by atoms with Crippen LogP contribution in [0.5, 0.6) is 0 Å². The van der Waals surface area contributed by atoms with Crippen molar-refractivity contribution in [3.05, 3.63) is 12.2 Å². The summed E-state index contributed by atoms with van der Waals surface area (Å²) in [6.45, 7) is 1.57. The monoisotopic (exact) mass is 326 g/mol. The fraction of sp³-hybridized carbons (Fsp3) is 0.667. The fourth-order valence-electron chi connectivity index (χ4n) is 3.25. The molecule has 128 valence electrons. The summed E-state index contributed by atoms with van der Waals surface area (Å²) in [5.74, 6) is -2.17. The number of fused-ring (bicyclic) bond motifs is 1. The molecule has 0 aromatic rings. The van der Waals surface area contributed by atoms with Gasteiger partial charge in [-0.1, -0.05) is 6.08 Å². The summed E-state index contributed by atoms with van der Waals surface area (Å²) in [5, 5.41) is 30.8. The number of carboxylic acid groups (broad SMARTS) is 1. The molecule has 6 N–H and O–H groups in total. The maximum Gasteiger partial charge on any atom is 0.332 e. The molecule has 0 aromatic carbocycles. The van der Waals surface area contributed by atoms with Crippen LogP contribution in [0.15, 0.2) is 12.2 Å². The maximum absolute atomic E-state index is 12.1. The lowest BCUT2D eigenvalue weighted by atomic mass is 9.83. The zero-order chi connectivity index (χ0) is 17.4. The van der Waals surface area contributed by atoms with E-state index in [0.717, 1.165) is 6.42 Å². The molecule has 6 atom stereocenters. The number of nitrogens with one attached hydrogen (secondary N) is 1. The second-order valence-electron chi connectivity index (χ2n) is 6.38. The van der Waals surface area contributed by atoms with Crippen LogP contribution in [-0.4, -0.2) is 57.3 Å². The minimum Gasteiger partial charge on any atom is -0.479 e. The Balaban J connectivity index is 1.92. The van der Waals surface area contributed by atoms with E-state index in [0.29, 0.717) is 6.42 Å². The van der Waals surface area contributed by atoms with Crippen LogP contribution >= 0.6 is 0 Å². The van der Waals surface area contributed by atoms with Gasteiger partial charge < -0.3 is 26.4 Å². The van der Waals surface area contributed by atoms with Crippen molar-refractivity contribution in [1.82, 2.24) is 5.32 Å². The lowest BCUT2D eigenvalue weighted by Crippen LogP contribution is -2.53. The first-order chi connectivity index (χ1) is 10.7. The van der Waals surface area contributed by atoms with Crippen LogP contribution in [0.2, 0.25) is 0 Å². The van der Waals surface area contributed by atoms with Crippen LogP contribution in [0.25, 0.3) is 0 Å². The first-order valence-corrected chi connectivity index (χ1v) is 7.56. The Morgan fingerprint density at radius 2 is 2.13 bits per heavy atom. The molecule has 0 heterocycles. The lowest BCUT2D eigenvalue weighted by molar-refractivity contribution is -0.147. The second kappa shape index (κ2) is 6.38. The predicted molar refractivity (Wildman–Crippen MR) is 79.2 cm³/mol. The van der Waals surface area contributed by atoms with E-state index < -0.39 is 48.0 Å². The number of ketones is 1. The van der Waals surface area contributed by atoms with Crippen LogP contribution in [0.1, 0.15) is 26.2 Å². The number of aliphatic carboxylic acids is 1. The fourth-order valence-corrected chi connectivity index (χ4v) is 3.25. The molecule has 1 fully saturated rings. The van der Waals surface area contributed by atoms with Crippen molar-refractivity contribution in [2.45, 2.75) is 50.5 Å². The van der Waals surface area contributed by atoms with Gasteiger partial charge in [0.05, 0.1) is 23.6 Å². The molecule has 2 aliphatic rings. The van der Waals surface area contributed by atoms with E-state index in [1.807, 2.05) is 0 Å². The number of aliphatic hydroxyl groups is 2. The van der Waals surface area contributed by atoms with E-state index in [1.165, 1.54) is 6.08 Å². The minimum atomic E-state index is -1.73. The molecule has 0 aromatic heterocycles. The molecule has 0 unspecified atom stereocenters. The van der Waals surface area contributed by atoms with Crippen molar-refractivity contribution < 1.29 is 29.7 Å². The van der Waals surface area contributed by atoms with Crippen molar-refractivity contribution >= 4 is 17.7 Å². The third-order valence-corrected chi connectivity index (χ3v) is 4.77. The standard InChI is InChI=1S/C15H22N2O6/c1-7(17-13(21)9(16)5-10(18)14(22)23)12(20)15-6-8(15)3-2-4-11(15)19/h2,4,7-10,12,18,20H,3,5-6,16H2,1H3,(H,17,21)(H,22,23)/t7-,8-,9+,10-,12+,15-/m0/s1. The highest BCUT2D eigenvalue weighted by Crippen LogP contribution is 2.60. The predicted octanol–water partition coefficient (Wildman–Crippen LogP) is -1.45. The van der Waals surface area contributed by atoms with Gasteiger partial charge in [-0.25, -0.2) is 4.79 Å². The number of rotatable bonds is 7. The Hall–Kier alpha value is -1.77. The molecular formula is C15H22N2O6. The lowest BCUT2D eigenvalue weighted by Gasteiger charge is -2.29. The van der Waals surface area contributed by atoms with E-state index in [9.17, 15) is 24.6 Å². The summed E-state index contributed by atoms with van der Waals surface area (Å²) < 4.78 is 0. The van der Waals surface area contributed by atoms with E-state index in [-0.39, 0.29) is 11.7 Å². The van der Waals surface area contributed by atoms with E-state index >= 15 is 0 Å². The minimum absolute atomic E-state index is 0.0943.